The zero-order valence-corrected chi connectivity index (χ0v) is 16.6. The molecule has 142 valence electrons. The molecule has 3 aromatic rings. The number of benzene rings is 2. The number of fused-ring (bicyclic) bond motifs is 1. The Hall–Kier alpha value is -2.48. The summed E-state index contributed by atoms with van der Waals surface area (Å²) in [6.07, 6.45) is 1.13. The van der Waals surface area contributed by atoms with Gasteiger partial charge in [0, 0.05) is 17.2 Å². The van der Waals surface area contributed by atoms with E-state index in [0.29, 0.717) is 22.2 Å². The second kappa shape index (κ2) is 6.92. The van der Waals surface area contributed by atoms with Crippen molar-refractivity contribution in [3.8, 4) is 16.9 Å². The molecule has 1 heterocycles. The highest BCUT2D eigenvalue weighted by atomic mass is 32.2. The molecule has 0 aliphatic carbocycles. The first-order valence-corrected chi connectivity index (χ1v) is 10.3. The van der Waals surface area contributed by atoms with Crippen LogP contribution < -0.4 is 4.74 Å². The van der Waals surface area contributed by atoms with Gasteiger partial charge in [-0.25, -0.2) is 13.4 Å². The molecule has 2 aromatic carbocycles. The van der Waals surface area contributed by atoms with E-state index in [-0.39, 0.29) is 11.6 Å². The predicted molar refractivity (Wildman–Crippen MR) is 106 cm³/mol. The summed E-state index contributed by atoms with van der Waals surface area (Å²) in [5.41, 5.74) is 2.06. The highest BCUT2D eigenvalue weighted by Crippen LogP contribution is 2.37. The van der Waals surface area contributed by atoms with Gasteiger partial charge in [0.1, 0.15) is 18.0 Å². The molecule has 0 spiro atoms. The highest BCUT2D eigenvalue weighted by Gasteiger charge is 2.23. The summed E-state index contributed by atoms with van der Waals surface area (Å²) in [7, 11) is 0.982. The fraction of sp³-hybridized carbons (Fsp3) is 0.250. The molecule has 0 aliphatic rings. The van der Waals surface area contributed by atoms with Crippen LogP contribution >= 0.6 is 0 Å². The van der Waals surface area contributed by atoms with Gasteiger partial charge in [0.25, 0.3) is 0 Å². The number of sulfone groups is 1. The lowest BCUT2D eigenvalue weighted by Gasteiger charge is -2.34. The molecule has 0 amide bonds. The summed E-state index contributed by atoms with van der Waals surface area (Å²) in [6, 6.07) is 14.7. The summed E-state index contributed by atoms with van der Waals surface area (Å²) in [5.74, 6) is 0.604. The van der Waals surface area contributed by atoms with E-state index in [1.54, 1.807) is 25.3 Å². The molecule has 27 heavy (non-hydrogen) atoms. The lowest BCUT2D eigenvalue weighted by atomic mass is 9.97. The maximum absolute atomic E-state index is 12.4. The van der Waals surface area contributed by atoms with Crippen molar-refractivity contribution in [1.82, 2.24) is 4.98 Å². The van der Waals surface area contributed by atoms with Gasteiger partial charge in [-0.1, -0.05) is 30.3 Å². The van der Waals surface area contributed by atoms with Crippen LogP contribution in [0.5, 0.6) is 5.75 Å². The van der Waals surface area contributed by atoms with E-state index >= 15 is 0 Å². The molecular weight excluding hydrogens is 364 g/mol. The van der Waals surface area contributed by atoms with Crippen LogP contribution in [0.15, 0.2) is 53.6 Å². The van der Waals surface area contributed by atoms with Crippen LogP contribution in [0.1, 0.15) is 5.69 Å². The van der Waals surface area contributed by atoms with Crippen LogP contribution in [-0.4, -0.2) is 45.5 Å². The molecule has 0 saturated heterocycles. The van der Waals surface area contributed by atoms with Crippen LogP contribution in [-0.2, 0) is 16.4 Å². The summed E-state index contributed by atoms with van der Waals surface area (Å²) in [6.45, 7) is 0.0416. The van der Waals surface area contributed by atoms with Crippen molar-refractivity contribution in [2.75, 3.05) is 27.5 Å². The normalized spacial score (nSPS) is 12.3. The Morgan fingerprint density at radius 1 is 1.07 bits per heavy atom. The van der Waals surface area contributed by atoms with Crippen LogP contribution in [0.4, 0.5) is 0 Å². The average Bonchev–Trinajstić information content (AvgIpc) is 2.59. The van der Waals surface area contributed by atoms with Crippen LogP contribution in [0.2, 0.25) is 0 Å². The standard InChI is InChI=1S/C20H22N2O4S/c1-22(2,23)13-18-19(14-8-6-5-7-9-14)17-12-15(26-3)10-11-16(17)20(21-18)27(4,24)25/h5-12H,13H2,1-4H3. The third kappa shape index (κ3) is 4.10. The molecule has 0 bridgehead atoms. The second-order valence-electron chi connectivity index (χ2n) is 7.02. The molecule has 0 saturated carbocycles. The number of hydrogen-bond donors (Lipinski definition) is 0. The summed E-state index contributed by atoms with van der Waals surface area (Å²) in [5, 5.41) is 13.6. The van der Waals surface area contributed by atoms with E-state index in [1.807, 2.05) is 30.3 Å². The van der Waals surface area contributed by atoms with Gasteiger partial charge >= 0.3 is 0 Å². The fourth-order valence-electron chi connectivity index (χ4n) is 3.12. The minimum absolute atomic E-state index is 0.0247. The Balaban J connectivity index is 2.49. The molecule has 0 radical (unpaired) electrons. The smallest absolute Gasteiger partial charge is 0.193 e. The third-order valence-corrected chi connectivity index (χ3v) is 5.21. The molecular formula is C20H22N2O4S. The molecule has 0 N–H and O–H groups in total. The Kier molecular flexibility index (Phi) is 4.94. The van der Waals surface area contributed by atoms with Crippen molar-refractivity contribution in [1.29, 1.82) is 0 Å². The summed E-state index contributed by atoms with van der Waals surface area (Å²) in [4.78, 5) is 4.44. The lowest BCUT2D eigenvalue weighted by Crippen LogP contribution is -2.32. The number of hydrogen-bond acceptors (Lipinski definition) is 5. The van der Waals surface area contributed by atoms with Gasteiger partial charge in [-0.2, -0.15) is 0 Å². The van der Waals surface area contributed by atoms with E-state index in [0.717, 1.165) is 17.4 Å². The molecule has 0 fully saturated rings. The molecule has 1 aromatic heterocycles. The molecule has 3 rings (SSSR count). The number of ether oxygens (including phenoxy) is 1. The minimum atomic E-state index is -3.59. The van der Waals surface area contributed by atoms with Crippen molar-refractivity contribution >= 4 is 20.6 Å². The first-order chi connectivity index (χ1) is 12.6. The van der Waals surface area contributed by atoms with Gasteiger partial charge in [0.05, 0.1) is 21.2 Å². The van der Waals surface area contributed by atoms with E-state index in [4.69, 9.17) is 4.74 Å². The Morgan fingerprint density at radius 2 is 1.74 bits per heavy atom. The molecule has 7 heteroatoms. The van der Waals surface area contributed by atoms with E-state index in [1.165, 1.54) is 14.1 Å². The summed E-state index contributed by atoms with van der Waals surface area (Å²) >= 11 is 0. The second-order valence-corrected chi connectivity index (χ2v) is 8.95. The average molecular weight is 386 g/mol. The van der Waals surface area contributed by atoms with Gasteiger partial charge in [-0.15, -0.1) is 0 Å². The van der Waals surface area contributed by atoms with E-state index in [2.05, 4.69) is 4.98 Å². The lowest BCUT2D eigenvalue weighted by molar-refractivity contribution is -0.854. The molecule has 6 nitrogen and oxygen atoms in total. The van der Waals surface area contributed by atoms with Crippen molar-refractivity contribution in [3.63, 3.8) is 0 Å². The number of aromatic nitrogens is 1. The van der Waals surface area contributed by atoms with Crippen LogP contribution in [0, 0.1) is 5.21 Å². The zero-order chi connectivity index (χ0) is 19.8. The van der Waals surface area contributed by atoms with Crippen molar-refractivity contribution in [3.05, 3.63) is 59.4 Å². The van der Waals surface area contributed by atoms with E-state index < -0.39 is 14.5 Å². The Labute approximate surface area is 159 Å². The number of rotatable bonds is 5. The number of methoxy groups -OCH3 is 1. The quantitative estimate of drug-likeness (QED) is 0.496. The number of nitrogens with zero attached hydrogens (tertiary/aromatic N) is 2. The van der Waals surface area contributed by atoms with Gasteiger partial charge < -0.3 is 14.6 Å². The Bertz CT molecular complexity index is 1090. The van der Waals surface area contributed by atoms with Crippen LogP contribution in [0.3, 0.4) is 0 Å². The maximum atomic E-state index is 12.4. The largest absolute Gasteiger partial charge is 0.633 e. The highest BCUT2D eigenvalue weighted by molar-refractivity contribution is 7.90. The number of quaternary nitrogens is 1. The molecule has 0 unspecified atom stereocenters. The first-order valence-electron chi connectivity index (χ1n) is 8.40. The fourth-order valence-corrected chi connectivity index (χ4v) is 3.98. The summed E-state index contributed by atoms with van der Waals surface area (Å²) < 4.78 is 29.5. The molecule has 0 atom stereocenters. The predicted octanol–water partition coefficient (Wildman–Crippen LogP) is 3.39. The van der Waals surface area contributed by atoms with E-state index in [9.17, 15) is 13.6 Å². The zero-order valence-electron chi connectivity index (χ0n) is 15.8. The van der Waals surface area contributed by atoms with Gasteiger partial charge in [0.15, 0.2) is 14.9 Å². The monoisotopic (exact) mass is 386 g/mol. The Morgan fingerprint density at radius 3 is 2.30 bits per heavy atom. The maximum Gasteiger partial charge on any atom is 0.193 e. The topological polar surface area (TPSA) is 79.3 Å². The number of hydroxylamine groups is 3. The first kappa shape index (κ1) is 19.3. The minimum Gasteiger partial charge on any atom is -0.633 e. The van der Waals surface area contributed by atoms with Crippen LogP contribution in [0.25, 0.3) is 21.9 Å². The van der Waals surface area contributed by atoms with Gasteiger partial charge in [0.2, 0.25) is 0 Å². The van der Waals surface area contributed by atoms with Crippen molar-refractivity contribution < 1.29 is 17.8 Å². The number of pyridine rings is 1. The SMILES string of the molecule is COc1ccc2c(S(C)(=O)=O)nc(C[N+](C)(C)[O-])c(-c3ccccc3)c2c1. The molecule has 0 aliphatic heterocycles. The van der Waals surface area contributed by atoms with Gasteiger partial charge in [-0.3, -0.25) is 0 Å². The van der Waals surface area contributed by atoms with Gasteiger partial charge in [-0.05, 0) is 29.1 Å². The van der Waals surface area contributed by atoms with Crippen molar-refractivity contribution in [2.24, 2.45) is 0 Å². The third-order valence-electron chi connectivity index (χ3n) is 4.20. The van der Waals surface area contributed by atoms with Crippen molar-refractivity contribution in [2.45, 2.75) is 11.6 Å².